The molecule has 1 N–H and O–H groups in total. The standard InChI is InChI=1S/C9H17NO3/c1-4-13-9(12)5-8(11)10-6-7(2)3/h7H,4-6H2,1-3H3,(H,10,11). The molecular weight excluding hydrogens is 170 g/mol. The molecule has 4 heteroatoms. The smallest absolute Gasteiger partial charge is 0.315 e. The quantitative estimate of drug-likeness (QED) is 0.509. The summed E-state index contributed by atoms with van der Waals surface area (Å²) in [6.45, 7) is 6.60. The lowest BCUT2D eigenvalue weighted by Gasteiger charge is -2.06. The Hall–Kier alpha value is -1.06. The summed E-state index contributed by atoms with van der Waals surface area (Å²) in [7, 11) is 0. The topological polar surface area (TPSA) is 55.4 Å². The van der Waals surface area contributed by atoms with Crippen LogP contribution < -0.4 is 5.32 Å². The largest absolute Gasteiger partial charge is 0.466 e. The molecule has 0 aromatic carbocycles. The predicted molar refractivity (Wildman–Crippen MR) is 49.1 cm³/mol. The number of nitrogens with one attached hydrogen (secondary N) is 1. The lowest BCUT2D eigenvalue weighted by Crippen LogP contribution is -2.29. The first-order chi connectivity index (χ1) is 6.06. The lowest BCUT2D eigenvalue weighted by molar-refractivity contribution is -0.145. The lowest BCUT2D eigenvalue weighted by atomic mass is 10.2. The molecule has 0 atom stereocenters. The summed E-state index contributed by atoms with van der Waals surface area (Å²) >= 11 is 0. The molecule has 4 nitrogen and oxygen atoms in total. The molecule has 0 rings (SSSR count). The van der Waals surface area contributed by atoms with Gasteiger partial charge in [0.1, 0.15) is 6.42 Å². The number of hydrogen-bond acceptors (Lipinski definition) is 3. The van der Waals surface area contributed by atoms with E-state index in [1.807, 2.05) is 13.8 Å². The van der Waals surface area contributed by atoms with E-state index in [1.165, 1.54) is 0 Å². The van der Waals surface area contributed by atoms with Gasteiger partial charge in [-0.15, -0.1) is 0 Å². The Balaban J connectivity index is 3.56. The summed E-state index contributed by atoms with van der Waals surface area (Å²) in [6.07, 6.45) is -0.180. The van der Waals surface area contributed by atoms with Gasteiger partial charge in [0.2, 0.25) is 5.91 Å². The van der Waals surface area contributed by atoms with Gasteiger partial charge in [-0.1, -0.05) is 13.8 Å². The highest BCUT2D eigenvalue weighted by Gasteiger charge is 2.09. The third-order valence-corrected chi connectivity index (χ3v) is 1.32. The molecule has 0 bridgehead atoms. The number of hydrogen-bond donors (Lipinski definition) is 1. The molecule has 0 fully saturated rings. The van der Waals surface area contributed by atoms with E-state index < -0.39 is 5.97 Å². The number of ether oxygens (including phenoxy) is 1. The zero-order valence-electron chi connectivity index (χ0n) is 8.42. The van der Waals surface area contributed by atoms with Crippen molar-refractivity contribution in [1.82, 2.24) is 5.32 Å². The van der Waals surface area contributed by atoms with Gasteiger partial charge in [0, 0.05) is 6.54 Å². The van der Waals surface area contributed by atoms with Gasteiger partial charge in [-0.2, -0.15) is 0 Å². The van der Waals surface area contributed by atoms with Gasteiger partial charge in [0.25, 0.3) is 0 Å². The predicted octanol–water partition coefficient (Wildman–Crippen LogP) is 0.712. The first-order valence-corrected chi connectivity index (χ1v) is 4.48. The van der Waals surface area contributed by atoms with E-state index in [0.29, 0.717) is 19.1 Å². The van der Waals surface area contributed by atoms with E-state index in [0.717, 1.165) is 0 Å². The van der Waals surface area contributed by atoms with E-state index in [-0.39, 0.29) is 12.3 Å². The third kappa shape index (κ3) is 7.31. The van der Waals surface area contributed by atoms with Gasteiger partial charge in [0.05, 0.1) is 6.61 Å². The van der Waals surface area contributed by atoms with Crippen LogP contribution >= 0.6 is 0 Å². The van der Waals surface area contributed by atoms with E-state index in [1.54, 1.807) is 6.92 Å². The fourth-order valence-corrected chi connectivity index (χ4v) is 0.724. The van der Waals surface area contributed by atoms with Gasteiger partial charge in [-0.05, 0) is 12.8 Å². The van der Waals surface area contributed by atoms with Crippen LogP contribution in [0.15, 0.2) is 0 Å². The van der Waals surface area contributed by atoms with Crippen LogP contribution in [-0.4, -0.2) is 25.0 Å². The fourth-order valence-electron chi connectivity index (χ4n) is 0.724. The Morgan fingerprint density at radius 3 is 2.46 bits per heavy atom. The van der Waals surface area contributed by atoms with Crippen LogP contribution in [0.1, 0.15) is 27.2 Å². The zero-order chi connectivity index (χ0) is 10.3. The van der Waals surface area contributed by atoms with E-state index >= 15 is 0 Å². The second-order valence-electron chi connectivity index (χ2n) is 3.18. The van der Waals surface area contributed by atoms with Crippen molar-refractivity contribution in [2.24, 2.45) is 5.92 Å². The Morgan fingerprint density at radius 2 is 2.00 bits per heavy atom. The molecule has 13 heavy (non-hydrogen) atoms. The Morgan fingerprint density at radius 1 is 1.38 bits per heavy atom. The maximum absolute atomic E-state index is 11.0. The number of carbonyl (C=O) groups excluding carboxylic acids is 2. The molecule has 0 spiro atoms. The maximum atomic E-state index is 11.0. The highest BCUT2D eigenvalue weighted by molar-refractivity contribution is 5.94. The highest BCUT2D eigenvalue weighted by atomic mass is 16.5. The van der Waals surface area contributed by atoms with Crippen LogP contribution in [0.2, 0.25) is 0 Å². The van der Waals surface area contributed by atoms with Crippen molar-refractivity contribution in [2.45, 2.75) is 27.2 Å². The van der Waals surface area contributed by atoms with Crippen molar-refractivity contribution in [2.75, 3.05) is 13.2 Å². The first kappa shape index (κ1) is 11.9. The monoisotopic (exact) mass is 187 g/mol. The molecule has 0 aliphatic heterocycles. The Kier molecular flexibility index (Phi) is 5.93. The van der Waals surface area contributed by atoms with Crippen molar-refractivity contribution >= 4 is 11.9 Å². The third-order valence-electron chi connectivity index (χ3n) is 1.32. The van der Waals surface area contributed by atoms with Crippen LogP contribution in [0.3, 0.4) is 0 Å². The highest BCUT2D eigenvalue weighted by Crippen LogP contribution is 1.90. The normalized spacial score (nSPS) is 9.85. The van der Waals surface area contributed by atoms with Gasteiger partial charge >= 0.3 is 5.97 Å². The average Bonchev–Trinajstić information content (AvgIpc) is 2.01. The molecule has 0 aromatic heterocycles. The van der Waals surface area contributed by atoms with Gasteiger partial charge in [-0.3, -0.25) is 9.59 Å². The number of esters is 1. The van der Waals surface area contributed by atoms with E-state index in [2.05, 4.69) is 10.1 Å². The SMILES string of the molecule is CCOC(=O)CC(=O)NCC(C)C. The van der Waals surface area contributed by atoms with Crippen molar-refractivity contribution < 1.29 is 14.3 Å². The van der Waals surface area contributed by atoms with Crippen LogP contribution in [0.5, 0.6) is 0 Å². The molecule has 0 aliphatic rings. The summed E-state index contributed by atoms with van der Waals surface area (Å²) in [5.74, 6) is -0.345. The Bertz CT molecular complexity index is 178. The fraction of sp³-hybridized carbons (Fsp3) is 0.778. The zero-order valence-corrected chi connectivity index (χ0v) is 8.42. The molecule has 0 radical (unpaired) electrons. The summed E-state index contributed by atoms with van der Waals surface area (Å²) < 4.78 is 4.62. The molecule has 0 unspecified atom stereocenters. The van der Waals surface area contributed by atoms with Gasteiger partial charge in [-0.25, -0.2) is 0 Å². The molecule has 76 valence electrons. The van der Waals surface area contributed by atoms with Crippen molar-refractivity contribution in [3.63, 3.8) is 0 Å². The van der Waals surface area contributed by atoms with Crippen molar-refractivity contribution in [1.29, 1.82) is 0 Å². The first-order valence-electron chi connectivity index (χ1n) is 4.48. The molecule has 0 heterocycles. The minimum Gasteiger partial charge on any atom is -0.466 e. The van der Waals surface area contributed by atoms with Gasteiger partial charge < -0.3 is 10.1 Å². The molecule has 0 aliphatic carbocycles. The van der Waals surface area contributed by atoms with E-state index in [4.69, 9.17) is 0 Å². The summed E-state index contributed by atoms with van der Waals surface area (Å²) in [5, 5.41) is 2.63. The second kappa shape index (κ2) is 6.46. The maximum Gasteiger partial charge on any atom is 0.315 e. The van der Waals surface area contributed by atoms with Crippen molar-refractivity contribution in [3.8, 4) is 0 Å². The van der Waals surface area contributed by atoms with Gasteiger partial charge in [0.15, 0.2) is 0 Å². The second-order valence-corrected chi connectivity index (χ2v) is 3.18. The Labute approximate surface area is 78.6 Å². The van der Waals surface area contributed by atoms with E-state index in [9.17, 15) is 9.59 Å². The van der Waals surface area contributed by atoms with Crippen LogP contribution in [0.25, 0.3) is 0 Å². The molecule has 1 amide bonds. The number of rotatable bonds is 5. The number of amides is 1. The van der Waals surface area contributed by atoms with Crippen molar-refractivity contribution in [3.05, 3.63) is 0 Å². The summed E-state index contributed by atoms with van der Waals surface area (Å²) in [5.41, 5.74) is 0. The minimum atomic E-state index is -0.469. The number of carbonyl (C=O) groups is 2. The van der Waals surface area contributed by atoms with Crippen LogP contribution in [0, 0.1) is 5.92 Å². The van der Waals surface area contributed by atoms with Crippen LogP contribution in [0.4, 0.5) is 0 Å². The summed E-state index contributed by atoms with van der Waals surface area (Å²) in [4.78, 5) is 21.8. The molecule has 0 saturated heterocycles. The van der Waals surface area contributed by atoms with Crippen LogP contribution in [-0.2, 0) is 14.3 Å². The molecule has 0 aromatic rings. The molecular formula is C9H17NO3. The average molecular weight is 187 g/mol. The molecule has 0 saturated carbocycles. The summed E-state index contributed by atoms with van der Waals surface area (Å²) in [6, 6.07) is 0. The minimum absolute atomic E-state index is 0.180.